The largest absolute Gasteiger partial charge is 0.497 e. The third-order valence-electron chi connectivity index (χ3n) is 5.47. The number of carboxylic acid groups (broad SMARTS) is 1. The first-order chi connectivity index (χ1) is 17.3. The van der Waals surface area contributed by atoms with Gasteiger partial charge in [0, 0.05) is 29.0 Å². The fraction of sp³-hybridized carbons (Fsp3) is 0.148. The van der Waals surface area contributed by atoms with E-state index in [1.165, 1.54) is 12.1 Å². The third-order valence-corrected chi connectivity index (χ3v) is 5.73. The molecular weight excluding hydrogens is 486 g/mol. The van der Waals surface area contributed by atoms with Crippen molar-refractivity contribution in [3.05, 3.63) is 93.8 Å². The van der Waals surface area contributed by atoms with Crippen LogP contribution >= 0.6 is 11.6 Å². The summed E-state index contributed by atoms with van der Waals surface area (Å²) in [6, 6.07) is 19.1. The van der Waals surface area contributed by atoms with Crippen molar-refractivity contribution in [2.45, 2.75) is 12.5 Å². The quantitative estimate of drug-likeness (QED) is 0.324. The normalized spacial score (nSPS) is 11.6. The number of carboxylic acids is 1. The molecule has 36 heavy (non-hydrogen) atoms. The Bertz CT molecular complexity index is 1450. The monoisotopic (exact) mass is 507 g/mol. The smallest absolute Gasteiger partial charge is 0.336 e. The van der Waals surface area contributed by atoms with Gasteiger partial charge in [-0.2, -0.15) is 0 Å². The Morgan fingerprint density at radius 3 is 2.36 bits per heavy atom. The highest BCUT2D eigenvalue weighted by Gasteiger charge is 2.21. The number of fused-ring (bicyclic) bond motifs is 1. The number of carbonyl (C=O) groups excluding carboxylic acids is 1. The summed E-state index contributed by atoms with van der Waals surface area (Å²) in [6.45, 7) is -0.418. The molecule has 0 aliphatic rings. The molecule has 0 bridgehead atoms. The van der Waals surface area contributed by atoms with Crippen LogP contribution in [0, 0.1) is 0 Å². The molecule has 1 amide bonds. The van der Waals surface area contributed by atoms with E-state index < -0.39 is 30.2 Å². The van der Waals surface area contributed by atoms with Gasteiger partial charge in [0.15, 0.2) is 6.61 Å². The Morgan fingerprint density at radius 1 is 1.00 bits per heavy atom. The van der Waals surface area contributed by atoms with E-state index >= 15 is 0 Å². The summed E-state index contributed by atoms with van der Waals surface area (Å²) in [5.41, 5.74) is 1.96. The molecule has 0 saturated carbocycles. The van der Waals surface area contributed by atoms with Gasteiger partial charge in [-0.3, -0.25) is 4.79 Å². The summed E-state index contributed by atoms with van der Waals surface area (Å²) in [6.07, 6.45) is 0.0908. The number of aliphatic carboxylic acids is 1. The molecule has 1 atom stereocenters. The van der Waals surface area contributed by atoms with E-state index in [0.717, 1.165) is 5.56 Å². The molecule has 0 radical (unpaired) electrons. The summed E-state index contributed by atoms with van der Waals surface area (Å²) in [4.78, 5) is 36.2. The Balaban J connectivity index is 1.46. The molecule has 0 saturated heterocycles. The molecule has 1 aromatic heterocycles. The molecule has 0 spiro atoms. The summed E-state index contributed by atoms with van der Waals surface area (Å²) in [5.74, 6) is -0.794. The zero-order valence-corrected chi connectivity index (χ0v) is 20.0. The molecule has 184 valence electrons. The number of methoxy groups -OCH3 is 1. The number of ether oxygens (including phenoxy) is 2. The number of benzene rings is 3. The van der Waals surface area contributed by atoms with Gasteiger partial charge >= 0.3 is 11.6 Å². The minimum absolute atomic E-state index is 0.0908. The van der Waals surface area contributed by atoms with Crippen LogP contribution in [0.25, 0.3) is 22.1 Å². The van der Waals surface area contributed by atoms with Gasteiger partial charge in [-0.15, -0.1) is 0 Å². The van der Waals surface area contributed by atoms with Gasteiger partial charge in [-0.25, -0.2) is 9.59 Å². The second-order valence-corrected chi connectivity index (χ2v) is 8.38. The number of halogens is 1. The third kappa shape index (κ3) is 6.03. The molecule has 2 N–H and O–H groups in total. The Morgan fingerprint density at radius 2 is 1.69 bits per heavy atom. The van der Waals surface area contributed by atoms with Crippen LogP contribution in [0.3, 0.4) is 0 Å². The Labute approximate surface area is 211 Å². The SMILES string of the molecule is COc1ccc(-c2cc(=O)oc3cc(OCC(=O)NC(Cc4ccc(Cl)cc4)C(=O)O)ccc23)cc1. The first-order valence-corrected chi connectivity index (χ1v) is 11.3. The lowest BCUT2D eigenvalue weighted by Gasteiger charge is -2.15. The highest BCUT2D eigenvalue weighted by atomic mass is 35.5. The lowest BCUT2D eigenvalue weighted by atomic mass is 10.0. The van der Waals surface area contributed by atoms with E-state index in [1.54, 1.807) is 55.6 Å². The maximum Gasteiger partial charge on any atom is 0.336 e. The maximum absolute atomic E-state index is 12.4. The first kappa shape index (κ1) is 24.8. The second-order valence-electron chi connectivity index (χ2n) is 7.94. The molecule has 9 heteroatoms. The van der Waals surface area contributed by atoms with Gasteiger partial charge in [-0.1, -0.05) is 35.9 Å². The van der Waals surface area contributed by atoms with Crippen molar-refractivity contribution >= 4 is 34.4 Å². The molecule has 0 fully saturated rings. The van der Waals surface area contributed by atoms with Gasteiger partial charge in [0.05, 0.1) is 7.11 Å². The number of nitrogens with one attached hydrogen (secondary N) is 1. The van der Waals surface area contributed by atoms with E-state index in [9.17, 15) is 19.5 Å². The van der Waals surface area contributed by atoms with Crippen LogP contribution in [0.4, 0.5) is 0 Å². The predicted molar refractivity (Wildman–Crippen MR) is 135 cm³/mol. The molecule has 0 aliphatic heterocycles. The molecular formula is C27H22ClNO7. The minimum atomic E-state index is -1.17. The van der Waals surface area contributed by atoms with Crippen LogP contribution in [0.5, 0.6) is 11.5 Å². The predicted octanol–water partition coefficient (Wildman–Crippen LogP) is 4.31. The van der Waals surface area contributed by atoms with Gasteiger partial charge < -0.3 is 24.3 Å². The molecule has 1 unspecified atom stereocenters. The fourth-order valence-corrected chi connectivity index (χ4v) is 3.81. The summed E-state index contributed by atoms with van der Waals surface area (Å²) in [5, 5.41) is 13.2. The standard InChI is InChI=1S/C27H22ClNO7/c1-34-19-8-4-17(5-9-19)22-14-26(31)36-24-13-20(10-11-21(22)24)35-15-25(30)29-23(27(32)33)12-16-2-6-18(28)7-3-16/h2-11,13-14,23H,12,15H2,1H3,(H,29,30)(H,32,33). The van der Waals surface area contributed by atoms with Crippen LogP contribution in [-0.4, -0.2) is 36.7 Å². The average Bonchev–Trinajstić information content (AvgIpc) is 2.87. The van der Waals surface area contributed by atoms with Crippen molar-refractivity contribution in [2.75, 3.05) is 13.7 Å². The highest BCUT2D eigenvalue weighted by Crippen LogP contribution is 2.30. The summed E-state index contributed by atoms with van der Waals surface area (Å²) in [7, 11) is 1.57. The van der Waals surface area contributed by atoms with E-state index in [0.29, 0.717) is 27.3 Å². The zero-order valence-electron chi connectivity index (χ0n) is 19.2. The van der Waals surface area contributed by atoms with Crippen LogP contribution in [0.2, 0.25) is 5.02 Å². The molecule has 0 aliphatic carbocycles. The summed E-state index contributed by atoms with van der Waals surface area (Å²) >= 11 is 5.86. The number of amides is 1. The number of hydrogen-bond acceptors (Lipinski definition) is 6. The first-order valence-electron chi connectivity index (χ1n) is 10.9. The lowest BCUT2D eigenvalue weighted by Crippen LogP contribution is -2.44. The van der Waals surface area contributed by atoms with E-state index in [1.807, 2.05) is 12.1 Å². The van der Waals surface area contributed by atoms with E-state index in [4.69, 9.17) is 25.5 Å². The maximum atomic E-state index is 12.4. The highest BCUT2D eigenvalue weighted by molar-refractivity contribution is 6.30. The molecule has 4 rings (SSSR count). The Kier molecular flexibility index (Phi) is 7.56. The van der Waals surface area contributed by atoms with Crippen molar-refractivity contribution < 1.29 is 28.6 Å². The van der Waals surface area contributed by atoms with Gasteiger partial charge in [0.2, 0.25) is 0 Å². The number of carbonyl (C=O) groups is 2. The summed E-state index contributed by atoms with van der Waals surface area (Å²) < 4.78 is 16.1. The average molecular weight is 508 g/mol. The Hall–Kier alpha value is -4.30. The molecule has 3 aromatic carbocycles. The van der Waals surface area contributed by atoms with Crippen LogP contribution < -0.4 is 20.4 Å². The van der Waals surface area contributed by atoms with Gasteiger partial charge in [0.1, 0.15) is 23.1 Å². The molecule has 8 nitrogen and oxygen atoms in total. The van der Waals surface area contributed by atoms with Crippen molar-refractivity contribution in [3.8, 4) is 22.6 Å². The fourth-order valence-electron chi connectivity index (χ4n) is 3.68. The van der Waals surface area contributed by atoms with Crippen molar-refractivity contribution in [3.63, 3.8) is 0 Å². The minimum Gasteiger partial charge on any atom is -0.497 e. The van der Waals surface area contributed by atoms with Crippen LogP contribution in [-0.2, 0) is 16.0 Å². The van der Waals surface area contributed by atoms with Crippen LogP contribution in [0.15, 0.2) is 82.0 Å². The number of hydrogen-bond donors (Lipinski definition) is 2. The second kappa shape index (κ2) is 11.0. The molecule has 4 aromatic rings. The lowest BCUT2D eigenvalue weighted by molar-refractivity contribution is -0.142. The van der Waals surface area contributed by atoms with Gasteiger partial charge in [-0.05, 0) is 53.1 Å². The van der Waals surface area contributed by atoms with E-state index in [2.05, 4.69) is 5.32 Å². The van der Waals surface area contributed by atoms with E-state index in [-0.39, 0.29) is 17.8 Å². The van der Waals surface area contributed by atoms with Crippen molar-refractivity contribution in [1.82, 2.24) is 5.32 Å². The number of rotatable bonds is 9. The van der Waals surface area contributed by atoms with Crippen LogP contribution in [0.1, 0.15) is 5.56 Å². The topological polar surface area (TPSA) is 115 Å². The van der Waals surface area contributed by atoms with Crippen molar-refractivity contribution in [2.24, 2.45) is 0 Å². The molecule has 1 heterocycles. The van der Waals surface area contributed by atoms with Gasteiger partial charge in [0.25, 0.3) is 5.91 Å². The van der Waals surface area contributed by atoms with Crippen molar-refractivity contribution in [1.29, 1.82) is 0 Å². The zero-order chi connectivity index (χ0) is 25.7.